The van der Waals surface area contributed by atoms with Gasteiger partial charge < -0.3 is 9.47 Å². The number of aromatic nitrogens is 1. The van der Waals surface area contributed by atoms with E-state index < -0.39 is 12.0 Å². The molecule has 0 N–H and O–H groups in total. The lowest BCUT2D eigenvalue weighted by Crippen LogP contribution is -2.39. The fraction of sp³-hybridized carbons (Fsp3) is 0.208. The Hall–Kier alpha value is -2.49. The van der Waals surface area contributed by atoms with Crippen molar-refractivity contribution in [3.63, 3.8) is 0 Å². The number of carbonyl (C=O) groups excluding carboxylic acids is 1. The molecule has 0 aliphatic carbocycles. The van der Waals surface area contributed by atoms with E-state index >= 15 is 0 Å². The van der Waals surface area contributed by atoms with Gasteiger partial charge >= 0.3 is 5.97 Å². The van der Waals surface area contributed by atoms with Gasteiger partial charge in [0.05, 0.1) is 44.5 Å². The topological polar surface area (TPSA) is 69.9 Å². The lowest BCUT2D eigenvalue weighted by Gasteiger charge is -2.24. The predicted octanol–water partition coefficient (Wildman–Crippen LogP) is 4.33. The number of carbonyl (C=O) groups is 1. The van der Waals surface area contributed by atoms with Crippen LogP contribution in [0.15, 0.2) is 72.5 Å². The van der Waals surface area contributed by atoms with E-state index in [0.29, 0.717) is 26.4 Å². The van der Waals surface area contributed by atoms with Gasteiger partial charge in [0.15, 0.2) is 4.80 Å². The van der Waals surface area contributed by atoms with Crippen LogP contribution in [0.4, 0.5) is 0 Å². The Kier molecular flexibility index (Phi) is 7.02. The first-order valence-electron chi connectivity index (χ1n) is 10.1. The highest BCUT2D eigenvalue weighted by Gasteiger charge is 2.33. The van der Waals surface area contributed by atoms with E-state index in [1.807, 2.05) is 48.5 Å². The molecule has 1 aliphatic rings. The highest BCUT2D eigenvalue weighted by atomic mass is 79.9. The summed E-state index contributed by atoms with van der Waals surface area (Å²) in [6, 6.07) is 12.6. The number of ether oxygens (including phenoxy) is 2. The molecular formula is C24H20Br2N2O4S. The van der Waals surface area contributed by atoms with Crippen LogP contribution in [-0.2, 0) is 9.53 Å². The number of halogens is 2. The van der Waals surface area contributed by atoms with Gasteiger partial charge in [-0.25, -0.2) is 9.79 Å². The summed E-state index contributed by atoms with van der Waals surface area (Å²) in [5.74, 6) is 0.206. The quantitative estimate of drug-likeness (QED) is 0.414. The highest BCUT2D eigenvalue weighted by molar-refractivity contribution is 9.11. The third kappa shape index (κ3) is 4.49. The Morgan fingerprint density at radius 2 is 1.88 bits per heavy atom. The average Bonchev–Trinajstić information content (AvgIpc) is 3.08. The molecule has 0 amide bonds. The number of allylic oxidation sites excluding steroid dienone is 1. The summed E-state index contributed by atoms with van der Waals surface area (Å²) in [7, 11) is 1.59. The molecule has 0 fully saturated rings. The van der Waals surface area contributed by atoms with E-state index in [0.717, 1.165) is 20.1 Å². The van der Waals surface area contributed by atoms with Gasteiger partial charge in [-0.3, -0.25) is 9.36 Å². The molecule has 4 rings (SSSR count). The molecule has 0 unspecified atom stereocenters. The summed E-state index contributed by atoms with van der Waals surface area (Å²) in [4.78, 5) is 31.6. The van der Waals surface area contributed by atoms with E-state index in [4.69, 9.17) is 9.47 Å². The third-order valence-corrected chi connectivity index (χ3v) is 7.32. The van der Waals surface area contributed by atoms with Gasteiger partial charge in [-0.1, -0.05) is 41.7 Å². The van der Waals surface area contributed by atoms with E-state index in [2.05, 4.69) is 36.9 Å². The largest absolute Gasteiger partial charge is 0.494 e. The first-order chi connectivity index (χ1) is 15.8. The molecule has 3 aromatic rings. The Labute approximate surface area is 211 Å². The summed E-state index contributed by atoms with van der Waals surface area (Å²) in [6.45, 7) is 3.77. The molecule has 2 heterocycles. The van der Waals surface area contributed by atoms with Crippen LogP contribution in [0, 0.1) is 0 Å². The standard InChI is InChI=1S/C24H20Br2N2O4S/c1-4-32-23(30)19-13(2)27-24-28(20(19)15-8-6-5-7-9-15)22(29)18(33-24)12-14-10-16(25)21(31-3)17(26)11-14/h5-12,20H,4H2,1-3H3/b18-12-/t20-/m1/s1. The van der Waals surface area contributed by atoms with E-state index in [1.54, 1.807) is 25.5 Å². The van der Waals surface area contributed by atoms with Crippen molar-refractivity contribution in [1.29, 1.82) is 0 Å². The zero-order valence-corrected chi connectivity index (χ0v) is 22.1. The van der Waals surface area contributed by atoms with Crippen molar-refractivity contribution in [3.05, 3.63) is 93.5 Å². The van der Waals surface area contributed by atoms with Gasteiger partial charge in [-0.05, 0) is 75.0 Å². The first kappa shape index (κ1) is 23.7. The van der Waals surface area contributed by atoms with Crippen molar-refractivity contribution < 1.29 is 14.3 Å². The van der Waals surface area contributed by atoms with E-state index in [-0.39, 0.29) is 12.2 Å². The number of hydrogen-bond acceptors (Lipinski definition) is 6. The molecule has 0 saturated heterocycles. The Bertz CT molecular complexity index is 1420. The number of hydrogen-bond donors (Lipinski definition) is 0. The monoisotopic (exact) mass is 590 g/mol. The smallest absolute Gasteiger partial charge is 0.338 e. The van der Waals surface area contributed by atoms with Crippen LogP contribution >= 0.6 is 43.2 Å². The second-order valence-corrected chi connectivity index (χ2v) is 9.95. The molecule has 170 valence electrons. The Morgan fingerprint density at radius 1 is 1.21 bits per heavy atom. The zero-order chi connectivity index (χ0) is 23.7. The molecule has 6 nitrogen and oxygen atoms in total. The van der Waals surface area contributed by atoms with Gasteiger partial charge in [0.2, 0.25) is 0 Å². The van der Waals surface area contributed by atoms with Crippen molar-refractivity contribution >= 4 is 55.2 Å². The van der Waals surface area contributed by atoms with Crippen LogP contribution in [0.5, 0.6) is 5.75 Å². The fourth-order valence-electron chi connectivity index (χ4n) is 3.75. The van der Waals surface area contributed by atoms with Gasteiger partial charge in [0, 0.05) is 0 Å². The maximum absolute atomic E-state index is 13.6. The summed E-state index contributed by atoms with van der Waals surface area (Å²) in [6.07, 6.45) is 1.81. The first-order valence-corrected chi connectivity index (χ1v) is 12.5. The van der Waals surface area contributed by atoms with Crippen molar-refractivity contribution in [2.24, 2.45) is 4.99 Å². The molecule has 0 radical (unpaired) electrons. The van der Waals surface area contributed by atoms with Crippen molar-refractivity contribution in [1.82, 2.24) is 4.57 Å². The molecule has 1 aliphatic heterocycles. The second kappa shape index (κ2) is 9.79. The molecule has 1 atom stereocenters. The van der Waals surface area contributed by atoms with Gasteiger partial charge in [0.25, 0.3) is 5.56 Å². The van der Waals surface area contributed by atoms with E-state index in [9.17, 15) is 9.59 Å². The van der Waals surface area contributed by atoms with Crippen LogP contribution in [-0.4, -0.2) is 24.3 Å². The van der Waals surface area contributed by atoms with Crippen LogP contribution in [0.25, 0.3) is 6.08 Å². The third-order valence-electron chi connectivity index (χ3n) is 5.15. The van der Waals surface area contributed by atoms with Crippen molar-refractivity contribution in [2.75, 3.05) is 13.7 Å². The molecular weight excluding hydrogens is 572 g/mol. The number of esters is 1. The Balaban J connectivity index is 1.94. The van der Waals surface area contributed by atoms with Crippen molar-refractivity contribution in [3.8, 4) is 5.75 Å². The second-order valence-electron chi connectivity index (χ2n) is 7.23. The summed E-state index contributed by atoms with van der Waals surface area (Å²) >= 11 is 8.29. The van der Waals surface area contributed by atoms with Gasteiger partial charge in [-0.15, -0.1) is 0 Å². The minimum atomic E-state index is -0.613. The number of rotatable bonds is 5. The molecule has 1 aromatic heterocycles. The summed E-state index contributed by atoms with van der Waals surface area (Å²) in [5, 5.41) is 0. The highest BCUT2D eigenvalue weighted by Crippen LogP contribution is 2.34. The maximum Gasteiger partial charge on any atom is 0.338 e. The normalized spacial score (nSPS) is 15.8. The van der Waals surface area contributed by atoms with Crippen molar-refractivity contribution in [2.45, 2.75) is 19.9 Å². The number of nitrogens with zero attached hydrogens (tertiary/aromatic N) is 2. The van der Waals surface area contributed by atoms with Crippen LogP contribution in [0.2, 0.25) is 0 Å². The Morgan fingerprint density at radius 3 is 2.48 bits per heavy atom. The number of fused-ring (bicyclic) bond motifs is 1. The fourth-order valence-corrected chi connectivity index (χ4v) is 6.34. The SMILES string of the molecule is CCOC(=O)C1=C(C)N=c2s/c(=C\c3cc(Br)c(OC)c(Br)c3)c(=O)n2[C@@H]1c1ccccc1. The molecule has 0 saturated carbocycles. The van der Waals surface area contributed by atoms with Crippen LogP contribution in [0.1, 0.15) is 31.0 Å². The van der Waals surface area contributed by atoms with E-state index in [1.165, 1.54) is 11.3 Å². The predicted molar refractivity (Wildman–Crippen MR) is 135 cm³/mol. The molecule has 0 bridgehead atoms. The molecule has 9 heteroatoms. The average molecular weight is 592 g/mol. The zero-order valence-electron chi connectivity index (χ0n) is 18.1. The summed E-state index contributed by atoms with van der Waals surface area (Å²) in [5.41, 5.74) is 2.33. The van der Waals surface area contributed by atoms with Gasteiger partial charge in [0.1, 0.15) is 5.75 Å². The van der Waals surface area contributed by atoms with Crippen LogP contribution < -0.4 is 19.6 Å². The number of thiazole rings is 1. The van der Waals surface area contributed by atoms with Gasteiger partial charge in [-0.2, -0.15) is 0 Å². The molecule has 33 heavy (non-hydrogen) atoms. The minimum Gasteiger partial charge on any atom is -0.494 e. The molecule has 0 spiro atoms. The minimum absolute atomic E-state index is 0.218. The number of methoxy groups -OCH3 is 1. The molecule has 2 aromatic carbocycles. The number of benzene rings is 2. The summed E-state index contributed by atoms with van der Waals surface area (Å²) < 4.78 is 14.3. The van der Waals surface area contributed by atoms with Crippen LogP contribution in [0.3, 0.4) is 0 Å². The maximum atomic E-state index is 13.6. The lowest BCUT2D eigenvalue weighted by atomic mass is 9.96. The lowest BCUT2D eigenvalue weighted by molar-refractivity contribution is -0.139.